The van der Waals surface area contributed by atoms with Crippen LogP contribution in [0.4, 0.5) is 0 Å². The number of hydrogen-bond donors (Lipinski definition) is 3. The summed E-state index contributed by atoms with van der Waals surface area (Å²) in [6.45, 7) is 21.8. The second-order valence-corrected chi connectivity index (χ2v) is 15.7. The summed E-state index contributed by atoms with van der Waals surface area (Å²) in [5.41, 5.74) is -0.558. The first kappa shape index (κ1) is 47.1. The molecular formula is C38H68N4O10. The molecule has 0 fully saturated rings. The third-order valence-corrected chi connectivity index (χ3v) is 8.50. The molecule has 14 nitrogen and oxygen atoms in total. The minimum atomic E-state index is -0.403. The number of imide groups is 1. The molecule has 14 heteroatoms. The summed E-state index contributed by atoms with van der Waals surface area (Å²) in [6, 6.07) is 0. The minimum Gasteiger partial charge on any atom is -0.379 e. The molecule has 0 aromatic heterocycles. The molecule has 0 aromatic rings. The number of nitrogens with one attached hydrogen (secondary N) is 3. The van der Waals surface area contributed by atoms with Crippen LogP contribution in [0.1, 0.15) is 93.9 Å². The molecule has 3 N–H and O–H groups in total. The summed E-state index contributed by atoms with van der Waals surface area (Å²) in [4.78, 5) is 60.7. The third-order valence-electron chi connectivity index (χ3n) is 8.50. The number of amides is 5. The van der Waals surface area contributed by atoms with Crippen LogP contribution in [0.25, 0.3) is 0 Å². The summed E-state index contributed by atoms with van der Waals surface area (Å²) in [7, 11) is 0. The van der Waals surface area contributed by atoms with Crippen LogP contribution in [0.3, 0.4) is 0 Å². The van der Waals surface area contributed by atoms with Gasteiger partial charge in [0.05, 0.1) is 58.5 Å². The topological polar surface area (TPSA) is 171 Å². The van der Waals surface area contributed by atoms with Crippen molar-refractivity contribution in [2.75, 3.05) is 85.6 Å². The van der Waals surface area contributed by atoms with Gasteiger partial charge in [-0.05, 0) is 50.9 Å². The second kappa shape index (κ2) is 25.2. The minimum absolute atomic E-state index is 0.0432. The van der Waals surface area contributed by atoms with Gasteiger partial charge >= 0.3 is 0 Å². The lowest BCUT2D eigenvalue weighted by Gasteiger charge is -2.29. The van der Waals surface area contributed by atoms with Crippen molar-refractivity contribution in [2.45, 2.75) is 99.5 Å². The number of ether oxygens (including phenoxy) is 5. The molecule has 300 valence electrons. The van der Waals surface area contributed by atoms with Gasteiger partial charge in [-0.15, -0.1) is 0 Å². The van der Waals surface area contributed by atoms with Crippen LogP contribution in [-0.2, 0) is 47.7 Å². The highest BCUT2D eigenvalue weighted by molar-refractivity contribution is 6.13. The highest BCUT2D eigenvalue weighted by Gasteiger charge is 2.29. The lowest BCUT2D eigenvalue weighted by Crippen LogP contribution is -2.39. The van der Waals surface area contributed by atoms with Gasteiger partial charge in [0.15, 0.2) is 0 Å². The highest BCUT2D eigenvalue weighted by Crippen LogP contribution is 2.30. The molecule has 0 aliphatic carbocycles. The summed E-state index contributed by atoms with van der Waals surface area (Å²) >= 11 is 0. The fourth-order valence-electron chi connectivity index (χ4n) is 4.75. The highest BCUT2D eigenvalue weighted by atomic mass is 16.6. The molecule has 1 rings (SSSR count). The molecule has 0 aromatic carbocycles. The molecule has 1 heterocycles. The Kier molecular flexibility index (Phi) is 22.8. The lowest BCUT2D eigenvalue weighted by atomic mass is 9.79. The Labute approximate surface area is 311 Å². The van der Waals surface area contributed by atoms with E-state index in [1.54, 1.807) is 0 Å². The summed E-state index contributed by atoms with van der Waals surface area (Å²) < 4.78 is 27.9. The first-order valence-corrected chi connectivity index (χ1v) is 18.7. The zero-order valence-corrected chi connectivity index (χ0v) is 33.2. The van der Waals surface area contributed by atoms with Crippen LogP contribution >= 0.6 is 0 Å². The van der Waals surface area contributed by atoms with Crippen molar-refractivity contribution in [3.8, 4) is 0 Å². The largest absolute Gasteiger partial charge is 0.379 e. The molecular weight excluding hydrogens is 672 g/mol. The Morgan fingerprint density at radius 3 is 1.75 bits per heavy atom. The molecule has 1 unspecified atom stereocenters. The molecule has 1 aliphatic rings. The standard InChI is InChI=1S/C38H68N4O10/c1-30(29-41-35(47)37(5,6)15-14-36(2,3)4)12-21-52-38(7,8)16-17-39-32(44)13-20-48-23-25-50-27-28-51-26-24-49-22-18-40-31(43)11-19-42-33(45)9-10-34(42)46/h9-10,30H,11-29H2,1-8H3,(H,39,44)(H,40,43)(H,41,47). The first-order chi connectivity index (χ1) is 24.4. The number of nitrogens with zero attached hydrogens (tertiary/aromatic N) is 1. The maximum absolute atomic E-state index is 12.7. The van der Waals surface area contributed by atoms with Crippen LogP contribution in [0.5, 0.6) is 0 Å². The predicted molar refractivity (Wildman–Crippen MR) is 198 cm³/mol. The van der Waals surface area contributed by atoms with Crippen LogP contribution < -0.4 is 16.0 Å². The van der Waals surface area contributed by atoms with Crippen molar-refractivity contribution >= 4 is 29.5 Å². The SMILES string of the molecule is CC(CCOC(C)(C)CCNC(=O)CCOCCOCCOCCOCCNC(=O)CCN1C(=O)C=CC1=O)CNC(=O)C(C)(C)CCC(C)(C)C. The van der Waals surface area contributed by atoms with Gasteiger partial charge in [-0.2, -0.15) is 0 Å². The monoisotopic (exact) mass is 740 g/mol. The van der Waals surface area contributed by atoms with Gasteiger partial charge in [-0.25, -0.2) is 0 Å². The molecule has 0 saturated heterocycles. The number of hydrogen-bond acceptors (Lipinski definition) is 10. The average molecular weight is 741 g/mol. The fourth-order valence-corrected chi connectivity index (χ4v) is 4.75. The van der Waals surface area contributed by atoms with Gasteiger partial charge in [0.2, 0.25) is 17.7 Å². The molecule has 1 aliphatic heterocycles. The molecule has 0 bridgehead atoms. The Balaban J connectivity index is 1.93. The quantitative estimate of drug-likeness (QED) is 0.0735. The van der Waals surface area contributed by atoms with E-state index in [9.17, 15) is 24.0 Å². The van der Waals surface area contributed by atoms with Crippen molar-refractivity contribution in [3.63, 3.8) is 0 Å². The number of carbonyl (C=O) groups excluding carboxylic acids is 5. The van der Waals surface area contributed by atoms with Gasteiger partial charge in [0.1, 0.15) is 0 Å². The van der Waals surface area contributed by atoms with E-state index in [2.05, 4.69) is 43.6 Å². The van der Waals surface area contributed by atoms with E-state index < -0.39 is 11.8 Å². The van der Waals surface area contributed by atoms with Gasteiger partial charge < -0.3 is 39.6 Å². The van der Waals surface area contributed by atoms with Gasteiger partial charge in [0, 0.05) is 63.2 Å². The molecule has 5 amide bonds. The Morgan fingerprint density at radius 2 is 1.17 bits per heavy atom. The second-order valence-electron chi connectivity index (χ2n) is 15.7. The number of rotatable bonds is 30. The maximum atomic E-state index is 12.7. The van der Waals surface area contributed by atoms with E-state index in [0.29, 0.717) is 91.4 Å². The summed E-state index contributed by atoms with van der Waals surface area (Å²) in [5, 5.41) is 8.72. The van der Waals surface area contributed by atoms with Crippen LogP contribution in [0.2, 0.25) is 0 Å². The first-order valence-electron chi connectivity index (χ1n) is 18.7. The van der Waals surface area contributed by atoms with Crippen LogP contribution in [-0.4, -0.2) is 126 Å². The predicted octanol–water partition coefficient (Wildman–Crippen LogP) is 3.17. The third kappa shape index (κ3) is 23.6. The smallest absolute Gasteiger partial charge is 0.253 e. The molecule has 0 spiro atoms. The maximum Gasteiger partial charge on any atom is 0.253 e. The zero-order chi connectivity index (χ0) is 39.0. The van der Waals surface area contributed by atoms with E-state index in [-0.39, 0.29) is 53.5 Å². The molecule has 0 saturated carbocycles. The van der Waals surface area contributed by atoms with Gasteiger partial charge in [0.25, 0.3) is 11.8 Å². The summed E-state index contributed by atoms with van der Waals surface area (Å²) in [5.74, 6) is -0.744. The van der Waals surface area contributed by atoms with E-state index in [1.807, 2.05) is 27.7 Å². The Bertz CT molecular complexity index is 1100. The van der Waals surface area contributed by atoms with E-state index in [0.717, 1.165) is 24.2 Å². The van der Waals surface area contributed by atoms with Gasteiger partial charge in [-0.1, -0.05) is 41.5 Å². The van der Waals surface area contributed by atoms with Crippen LogP contribution in [0.15, 0.2) is 12.2 Å². The summed E-state index contributed by atoms with van der Waals surface area (Å²) in [6.07, 6.45) is 6.06. The van der Waals surface area contributed by atoms with E-state index in [1.165, 1.54) is 12.2 Å². The van der Waals surface area contributed by atoms with E-state index >= 15 is 0 Å². The van der Waals surface area contributed by atoms with Crippen molar-refractivity contribution in [1.29, 1.82) is 0 Å². The van der Waals surface area contributed by atoms with Gasteiger partial charge in [-0.3, -0.25) is 28.9 Å². The molecule has 0 radical (unpaired) electrons. The zero-order valence-electron chi connectivity index (χ0n) is 33.2. The molecule has 1 atom stereocenters. The molecule has 52 heavy (non-hydrogen) atoms. The van der Waals surface area contributed by atoms with Crippen LogP contribution in [0, 0.1) is 16.7 Å². The Morgan fingerprint density at radius 1 is 0.654 bits per heavy atom. The lowest BCUT2D eigenvalue weighted by molar-refractivity contribution is -0.137. The normalized spacial score (nSPS) is 14.2. The average Bonchev–Trinajstić information content (AvgIpc) is 3.38. The van der Waals surface area contributed by atoms with E-state index in [4.69, 9.17) is 23.7 Å². The number of carbonyl (C=O) groups is 5. The van der Waals surface area contributed by atoms with Crippen molar-refractivity contribution < 1.29 is 47.7 Å². The fraction of sp³-hybridized carbons (Fsp3) is 0.816. The van der Waals surface area contributed by atoms with Crippen molar-refractivity contribution in [2.24, 2.45) is 16.7 Å². The Hall–Kier alpha value is -2.91. The van der Waals surface area contributed by atoms with Crippen molar-refractivity contribution in [3.05, 3.63) is 12.2 Å². The van der Waals surface area contributed by atoms with Crippen molar-refractivity contribution in [1.82, 2.24) is 20.9 Å².